The largest absolute Gasteiger partial charge is 0.395 e. The summed E-state index contributed by atoms with van der Waals surface area (Å²) < 4.78 is 0.885. The van der Waals surface area contributed by atoms with Crippen molar-refractivity contribution in [2.24, 2.45) is 0 Å². The van der Waals surface area contributed by atoms with Crippen molar-refractivity contribution in [3.05, 3.63) is 69.7 Å². The standard InChI is InChI=1S/C17H18BrNO2/c1-19(9-10-20)12-14-7-8-15(18)11-16(14)17(21)13-5-3-2-4-6-13/h2-8,11,20H,9-10,12H2,1H3. The van der Waals surface area contributed by atoms with Crippen molar-refractivity contribution in [1.82, 2.24) is 4.90 Å². The van der Waals surface area contributed by atoms with Crippen LogP contribution in [-0.2, 0) is 6.54 Å². The lowest BCUT2D eigenvalue weighted by molar-refractivity contribution is 0.103. The molecule has 4 heteroatoms. The van der Waals surface area contributed by atoms with Gasteiger partial charge in [-0.05, 0) is 24.7 Å². The van der Waals surface area contributed by atoms with E-state index in [2.05, 4.69) is 15.9 Å². The molecule has 2 rings (SSSR count). The average Bonchev–Trinajstić information content (AvgIpc) is 2.49. The van der Waals surface area contributed by atoms with Crippen LogP contribution < -0.4 is 0 Å². The molecule has 0 spiro atoms. The van der Waals surface area contributed by atoms with Crippen molar-refractivity contribution in [2.75, 3.05) is 20.2 Å². The molecule has 0 fully saturated rings. The molecular formula is C17H18BrNO2. The van der Waals surface area contributed by atoms with Gasteiger partial charge in [-0.2, -0.15) is 0 Å². The molecule has 0 atom stereocenters. The molecule has 2 aromatic carbocycles. The van der Waals surface area contributed by atoms with Gasteiger partial charge in [0.15, 0.2) is 5.78 Å². The maximum atomic E-state index is 12.7. The van der Waals surface area contributed by atoms with Crippen molar-refractivity contribution in [3.8, 4) is 0 Å². The summed E-state index contributed by atoms with van der Waals surface area (Å²) in [6.07, 6.45) is 0. The van der Waals surface area contributed by atoms with Gasteiger partial charge in [-0.15, -0.1) is 0 Å². The van der Waals surface area contributed by atoms with Gasteiger partial charge in [0.05, 0.1) is 6.61 Å². The average molecular weight is 348 g/mol. The van der Waals surface area contributed by atoms with Crippen LogP contribution in [0.25, 0.3) is 0 Å². The molecule has 3 nitrogen and oxygen atoms in total. The highest BCUT2D eigenvalue weighted by molar-refractivity contribution is 9.10. The minimum Gasteiger partial charge on any atom is -0.395 e. The highest BCUT2D eigenvalue weighted by Crippen LogP contribution is 2.21. The lowest BCUT2D eigenvalue weighted by atomic mass is 9.98. The second-order valence-corrected chi connectivity index (χ2v) is 5.87. The Bertz CT molecular complexity index is 613. The van der Waals surface area contributed by atoms with E-state index in [4.69, 9.17) is 5.11 Å². The molecule has 0 heterocycles. The molecule has 21 heavy (non-hydrogen) atoms. The highest BCUT2D eigenvalue weighted by Gasteiger charge is 2.15. The summed E-state index contributed by atoms with van der Waals surface area (Å²) in [6.45, 7) is 1.31. The Balaban J connectivity index is 2.33. The number of rotatable bonds is 6. The molecule has 0 aromatic heterocycles. The first-order chi connectivity index (χ1) is 10.1. The summed E-state index contributed by atoms with van der Waals surface area (Å²) >= 11 is 3.43. The Kier molecular flexibility index (Phi) is 5.67. The monoisotopic (exact) mass is 347 g/mol. The summed E-state index contributed by atoms with van der Waals surface area (Å²) in [4.78, 5) is 14.7. The molecule has 0 unspecified atom stereocenters. The van der Waals surface area contributed by atoms with E-state index in [1.165, 1.54) is 0 Å². The smallest absolute Gasteiger partial charge is 0.193 e. The van der Waals surface area contributed by atoms with Crippen LogP contribution in [0.15, 0.2) is 53.0 Å². The van der Waals surface area contributed by atoms with Gasteiger partial charge >= 0.3 is 0 Å². The maximum Gasteiger partial charge on any atom is 0.193 e. The van der Waals surface area contributed by atoms with Crippen LogP contribution in [-0.4, -0.2) is 36.0 Å². The molecule has 0 amide bonds. The van der Waals surface area contributed by atoms with Crippen LogP contribution in [0.3, 0.4) is 0 Å². The number of likely N-dealkylation sites (N-methyl/N-ethyl adjacent to an activating group) is 1. The topological polar surface area (TPSA) is 40.5 Å². The lowest BCUT2D eigenvalue weighted by Crippen LogP contribution is -2.23. The van der Waals surface area contributed by atoms with Crippen molar-refractivity contribution in [1.29, 1.82) is 0 Å². The second kappa shape index (κ2) is 7.50. The Morgan fingerprint density at radius 1 is 1.19 bits per heavy atom. The number of ketones is 1. The molecule has 0 saturated heterocycles. The fourth-order valence-electron chi connectivity index (χ4n) is 2.18. The molecule has 110 valence electrons. The highest BCUT2D eigenvalue weighted by atomic mass is 79.9. The summed E-state index contributed by atoms with van der Waals surface area (Å²) in [5, 5.41) is 9.00. The minimum atomic E-state index is 0.0179. The number of halogens is 1. The fraction of sp³-hybridized carbons (Fsp3) is 0.235. The van der Waals surface area contributed by atoms with Gasteiger partial charge in [0.2, 0.25) is 0 Å². The van der Waals surface area contributed by atoms with Crippen molar-refractivity contribution in [2.45, 2.75) is 6.54 Å². The van der Waals surface area contributed by atoms with Gasteiger partial charge in [0.25, 0.3) is 0 Å². The molecular weight excluding hydrogens is 330 g/mol. The Morgan fingerprint density at radius 3 is 2.57 bits per heavy atom. The fourth-order valence-corrected chi connectivity index (χ4v) is 2.54. The number of hydrogen-bond donors (Lipinski definition) is 1. The number of carbonyl (C=O) groups is 1. The van der Waals surface area contributed by atoms with Crippen LogP contribution >= 0.6 is 15.9 Å². The zero-order chi connectivity index (χ0) is 15.2. The van der Waals surface area contributed by atoms with E-state index in [1.807, 2.05) is 60.5 Å². The Morgan fingerprint density at radius 2 is 1.90 bits per heavy atom. The van der Waals surface area contributed by atoms with E-state index in [9.17, 15) is 4.79 Å². The van der Waals surface area contributed by atoms with E-state index in [0.717, 1.165) is 10.0 Å². The first-order valence-electron chi connectivity index (χ1n) is 6.79. The number of hydrogen-bond acceptors (Lipinski definition) is 3. The van der Waals surface area contributed by atoms with Gasteiger partial charge in [-0.25, -0.2) is 0 Å². The van der Waals surface area contributed by atoms with Crippen LogP contribution in [0.4, 0.5) is 0 Å². The molecule has 0 saturated carbocycles. The molecule has 2 aromatic rings. The van der Waals surface area contributed by atoms with Crippen LogP contribution in [0, 0.1) is 0 Å². The molecule has 0 radical (unpaired) electrons. The molecule has 0 bridgehead atoms. The second-order valence-electron chi connectivity index (χ2n) is 4.96. The van der Waals surface area contributed by atoms with Crippen molar-refractivity contribution in [3.63, 3.8) is 0 Å². The molecule has 1 N–H and O–H groups in total. The van der Waals surface area contributed by atoms with Gasteiger partial charge in [0, 0.05) is 28.7 Å². The zero-order valence-electron chi connectivity index (χ0n) is 11.9. The van der Waals surface area contributed by atoms with E-state index in [0.29, 0.717) is 24.2 Å². The van der Waals surface area contributed by atoms with Gasteiger partial charge < -0.3 is 5.11 Å². The van der Waals surface area contributed by atoms with Gasteiger partial charge in [0.1, 0.15) is 0 Å². The third-order valence-electron chi connectivity index (χ3n) is 3.27. The summed E-state index contributed by atoms with van der Waals surface area (Å²) in [5.41, 5.74) is 2.34. The number of aliphatic hydroxyl groups is 1. The quantitative estimate of drug-likeness (QED) is 0.816. The van der Waals surface area contributed by atoms with Gasteiger partial charge in [-0.1, -0.05) is 52.3 Å². The number of aliphatic hydroxyl groups excluding tert-OH is 1. The van der Waals surface area contributed by atoms with Crippen molar-refractivity contribution < 1.29 is 9.90 Å². The number of nitrogens with zero attached hydrogens (tertiary/aromatic N) is 1. The predicted molar refractivity (Wildman–Crippen MR) is 87.4 cm³/mol. The summed E-state index contributed by atoms with van der Waals surface area (Å²) in [5.74, 6) is 0.0179. The van der Waals surface area contributed by atoms with E-state index in [-0.39, 0.29) is 12.4 Å². The lowest BCUT2D eigenvalue weighted by Gasteiger charge is -2.17. The first-order valence-corrected chi connectivity index (χ1v) is 7.58. The SMILES string of the molecule is CN(CCO)Cc1ccc(Br)cc1C(=O)c1ccccc1. The third kappa shape index (κ3) is 4.24. The molecule has 0 aliphatic carbocycles. The summed E-state index contributed by atoms with van der Waals surface area (Å²) in [6, 6.07) is 15.0. The van der Waals surface area contributed by atoms with Crippen molar-refractivity contribution >= 4 is 21.7 Å². The minimum absolute atomic E-state index is 0.0179. The summed E-state index contributed by atoms with van der Waals surface area (Å²) in [7, 11) is 1.93. The van der Waals surface area contributed by atoms with E-state index < -0.39 is 0 Å². The van der Waals surface area contributed by atoms with Gasteiger partial charge in [-0.3, -0.25) is 9.69 Å². The van der Waals surface area contributed by atoms with Crippen LogP contribution in [0.5, 0.6) is 0 Å². The third-order valence-corrected chi connectivity index (χ3v) is 3.77. The van der Waals surface area contributed by atoms with E-state index in [1.54, 1.807) is 0 Å². The van der Waals surface area contributed by atoms with Crippen LogP contribution in [0.2, 0.25) is 0 Å². The first kappa shape index (κ1) is 15.9. The zero-order valence-corrected chi connectivity index (χ0v) is 13.5. The van der Waals surface area contributed by atoms with E-state index >= 15 is 0 Å². The normalized spacial score (nSPS) is 10.9. The predicted octanol–water partition coefficient (Wildman–Crippen LogP) is 3.10. The van der Waals surface area contributed by atoms with Crippen LogP contribution in [0.1, 0.15) is 21.5 Å². The number of benzene rings is 2. The Labute approximate surface area is 133 Å². The number of carbonyl (C=O) groups excluding carboxylic acids is 1. The molecule has 0 aliphatic heterocycles. The molecule has 0 aliphatic rings. The maximum absolute atomic E-state index is 12.7. The Hall–Kier alpha value is -1.49.